The lowest BCUT2D eigenvalue weighted by atomic mass is 10.1. The smallest absolute Gasteiger partial charge is 0.322 e. The monoisotopic (exact) mass is 432 g/mol. The Balaban J connectivity index is 1.60. The first-order chi connectivity index (χ1) is 15.6. The van der Waals surface area contributed by atoms with E-state index in [9.17, 15) is 9.59 Å². The largest absolute Gasteiger partial charge is 0.467 e. The van der Waals surface area contributed by atoms with Gasteiger partial charge in [0, 0.05) is 25.2 Å². The van der Waals surface area contributed by atoms with Crippen LogP contribution in [0.5, 0.6) is 0 Å². The number of nitrogens with one attached hydrogen (secondary N) is 1. The summed E-state index contributed by atoms with van der Waals surface area (Å²) >= 11 is 0. The van der Waals surface area contributed by atoms with Crippen molar-refractivity contribution < 1.29 is 14.0 Å². The van der Waals surface area contributed by atoms with Crippen LogP contribution in [0.4, 0.5) is 16.2 Å². The van der Waals surface area contributed by atoms with Crippen LogP contribution in [0.15, 0.2) is 71.3 Å². The fourth-order valence-corrected chi connectivity index (χ4v) is 3.99. The van der Waals surface area contributed by atoms with Crippen molar-refractivity contribution in [3.05, 3.63) is 83.8 Å². The van der Waals surface area contributed by atoms with Gasteiger partial charge < -0.3 is 25.3 Å². The number of piperidine rings is 1. The highest BCUT2D eigenvalue weighted by Crippen LogP contribution is 2.30. The van der Waals surface area contributed by atoms with Crippen LogP contribution < -0.4 is 16.0 Å². The molecule has 2 aromatic carbocycles. The van der Waals surface area contributed by atoms with Gasteiger partial charge in [-0.3, -0.25) is 4.79 Å². The predicted octanol–water partition coefficient (Wildman–Crippen LogP) is 4.60. The SMILES string of the molecule is NC(=O)c1ccc(N2CCCCC2)c(NC(=O)N(Cc2ccccc2)Cc2ccco2)c1. The molecular weight excluding hydrogens is 404 g/mol. The number of anilines is 2. The number of hydrogen-bond donors (Lipinski definition) is 2. The molecule has 1 saturated heterocycles. The maximum Gasteiger partial charge on any atom is 0.322 e. The third-order valence-electron chi connectivity index (χ3n) is 5.65. The van der Waals surface area contributed by atoms with Gasteiger partial charge in [0.2, 0.25) is 5.91 Å². The molecule has 0 atom stereocenters. The summed E-state index contributed by atoms with van der Waals surface area (Å²) in [6, 6.07) is 18.4. The van der Waals surface area contributed by atoms with E-state index in [4.69, 9.17) is 10.2 Å². The number of urea groups is 1. The normalized spacial score (nSPS) is 13.6. The number of primary amides is 1. The second kappa shape index (κ2) is 10.0. The summed E-state index contributed by atoms with van der Waals surface area (Å²) in [6.07, 6.45) is 5.00. The molecule has 0 spiro atoms. The Bertz CT molecular complexity index is 1040. The molecule has 1 fully saturated rings. The third kappa shape index (κ3) is 5.29. The van der Waals surface area contributed by atoms with E-state index in [0.29, 0.717) is 30.1 Å². The first-order valence-corrected chi connectivity index (χ1v) is 10.9. The van der Waals surface area contributed by atoms with Crippen molar-refractivity contribution in [1.29, 1.82) is 0 Å². The first kappa shape index (κ1) is 21.5. The third-order valence-corrected chi connectivity index (χ3v) is 5.65. The van der Waals surface area contributed by atoms with Crippen LogP contribution in [-0.2, 0) is 13.1 Å². The molecule has 0 radical (unpaired) electrons. The van der Waals surface area contributed by atoms with Gasteiger partial charge in [-0.15, -0.1) is 0 Å². The Hall–Kier alpha value is -3.74. The molecule has 7 heteroatoms. The van der Waals surface area contributed by atoms with Crippen LogP contribution in [0.2, 0.25) is 0 Å². The highest BCUT2D eigenvalue weighted by atomic mass is 16.3. The fourth-order valence-electron chi connectivity index (χ4n) is 3.99. The molecule has 1 aliphatic heterocycles. The molecule has 0 bridgehead atoms. The van der Waals surface area contributed by atoms with Gasteiger partial charge in [0.05, 0.1) is 24.2 Å². The molecular formula is C25H28N4O3. The number of rotatable bonds is 7. The van der Waals surface area contributed by atoms with Gasteiger partial charge in [-0.2, -0.15) is 0 Å². The Morgan fingerprint density at radius 3 is 2.44 bits per heavy atom. The van der Waals surface area contributed by atoms with E-state index < -0.39 is 5.91 Å². The van der Waals surface area contributed by atoms with Crippen LogP contribution >= 0.6 is 0 Å². The van der Waals surface area contributed by atoms with Gasteiger partial charge in [0.1, 0.15) is 5.76 Å². The van der Waals surface area contributed by atoms with E-state index in [0.717, 1.165) is 37.2 Å². The van der Waals surface area contributed by atoms with Gasteiger partial charge in [-0.25, -0.2) is 4.79 Å². The number of carbonyl (C=O) groups is 2. The second-order valence-corrected chi connectivity index (χ2v) is 8.00. The van der Waals surface area contributed by atoms with Gasteiger partial charge in [-0.1, -0.05) is 30.3 Å². The highest BCUT2D eigenvalue weighted by Gasteiger charge is 2.21. The first-order valence-electron chi connectivity index (χ1n) is 10.9. The second-order valence-electron chi connectivity index (χ2n) is 8.00. The maximum atomic E-state index is 13.4. The average Bonchev–Trinajstić information content (AvgIpc) is 3.33. The molecule has 0 unspecified atom stereocenters. The summed E-state index contributed by atoms with van der Waals surface area (Å²) < 4.78 is 5.48. The standard InChI is InChI=1S/C25H28N4O3/c26-24(30)20-11-12-23(28-13-5-2-6-14-28)22(16-20)27-25(31)29(18-21-10-7-15-32-21)17-19-8-3-1-4-9-19/h1,3-4,7-12,15-16H,2,5-6,13-14,17-18H2,(H2,26,30)(H,27,31). The number of nitrogens with zero attached hydrogens (tertiary/aromatic N) is 2. The quantitative estimate of drug-likeness (QED) is 0.571. The summed E-state index contributed by atoms with van der Waals surface area (Å²) in [6.45, 7) is 2.57. The molecule has 0 saturated carbocycles. The maximum absolute atomic E-state index is 13.4. The molecule has 3 aromatic rings. The predicted molar refractivity (Wildman–Crippen MR) is 124 cm³/mol. The summed E-state index contributed by atoms with van der Waals surface area (Å²) in [5.41, 5.74) is 8.37. The van der Waals surface area contributed by atoms with E-state index in [1.54, 1.807) is 29.4 Å². The Morgan fingerprint density at radius 2 is 1.75 bits per heavy atom. The Kier molecular flexibility index (Phi) is 6.75. The van der Waals surface area contributed by atoms with E-state index in [-0.39, 0.29) is 6.03 Å². The van der Waals surface area contributed by atoms with Gasteiger partial charge in [-0.05, 0) is 55.2 Å². The topological polar surface area (TPSA) is 91.8 Å². The van der Waals surface area contributed by atoms with Crippen molar-refractivity contribution in [3.63, 3.8) is 0 Å². The minimum Gasteiger partial charge on any atom is -0.467 e. The molecule has 3 amide bonds. The molecule has 32 heavy (non-hydrogen) atoms. The molecule has 0 aliphatic carbocycles. The minimum atomic E-state index is -0.526. The zero-order valence-electron chi connectivity index (χ0n) is 18.0. The van der Waals surface area contributed by atoms with Crippen LogP contribution in [0.25, 0.3) is 0 Å². The molecule has 7 nitrogen and oxygen atoms in total. The summed E-state index contributed by atoms with van der Waals surface area (Å²) in [5.74, 6) is 0.167. The van der Waals surface area contributed by atoms with Crippen molar-refractivity contribution in [2.75, 3.05) is 23.3 Å². The molecule has 3 N–H and O–H groups in total. The number of furan rings is 1. The number of amides is 3. The lowest BCUT2D eigenvalue weighted by molar-refractivity contribution is 0.1000. The van der Waals surface area contributed by atoms with Crippen LogP contribution in [0.3, 0.4) is 0 Å². The lowest BCUT2D eigenvalue weighted by Gasteiger charge is -2.31. The zero-order chi connectivity index (χ0) is 22.3. The molecule has 1 aliphatic rings. The fraction of sp³-hybridized carbons (Fsp3) is 0.280. The summed E-state index contributed by atoms with van der Waals surface area (Å²) in [5, 5.41) is 3.03. The van der Waals surface area contributed by atoms with Crippen molar-refractivity contribution in [1.82, 2.24) is 4.90 Å². The van der Waals surface area contributed by atoms with E-state index >= 15 is 0 Å². The van der Waals surface area contributed by atoms with Crippen molar-refractivity contribution in [3.8, 4) is 0 Å². The van der Waals surface area contributed by atoms with Crippen LogP contribution in [0, 0.1) is 0 Å². The lowest BCUT2D eigenvalue weighted by Crippen LogP contribution is -2.35. The number of nitrogens with two attached hydrogens (primary N) is 1. The van der Waals surface area contributed by atoms with Crippen molar-refractivity contribution >= 4 is 23.3 Å². The summed E-state index contributed by atoms with van der Waals surface area (Å²) in [4.78, 5) is 29.1. The highest BCUT2D eigenvalue weighted by molar-refractivity contribution is 5.99. The van der Waals surface area contributed by atoms with E-state index in [2.05, 4.69) is 10.2 Å². The Labute approximate surface area is 187 Å². The molecule has 4 rings (SSSR count). The number of carbonyl (C=O) groups excluding carboxylic acids is 2. The van der Waals surface area contributed by atoms with Gasteiger partial charge >= 0.3 is 6.03 Å². The van der Waals surface area contributed by atoms with Gasteiger partial charge in [0.15, 0.2) is 0 Å². The van der Waals surface area contributed by atoms with E-state index in [1.165, 1.54) is 6.42 Å². The van der Waals surface area contributed by atoms with Crippen molar-refractivity contribution in [2.24, 2.45) is 5.73 Å². The molecule has 2 heterocycles. The molecule has 166 valence electrons. The summed E-state index contributed by atoms with van der Waals surface area (Å²) in [7, 11) is 0. The van der Waals surface area contributed by atoms with Crippen LogP contribution in [0.1, 0.15) is 40.9 Å². The van der Waals surface area contributed by atoms with E-state index in [1.807, 2.05) is 42.5 Å². The number of hydrogen-bond acceptors (Lipinski definition) is 4. The van der Waals surface area contributed by atoms with Crippen LogP contribution in [-0.4, -0.2) is 29.9 Å². The number of benzene rings is 2. The Morgan fingerprint density at radius 1 is 0.969 bits per heavy atom. The molecule has 1 aromatic heterocycles. The average molecular weight is 433 g/mol. The van der Waals surface area contributed by atoms with Crippen molar-refractivity contribution in [2.45, 2.75) is 32.4 Å². The van der Waals surface area contributed by atoms with Gasteiger partial charge in [0.25, 0.3) is 0 Å². The zero-order valence-corrected chi connectivity index (χ0v) is 18.0. The minimum absolute atomic E-state index is 0.273.